The van der Waals surface area contributed by atoms with Crippen LogP contribution in [0.1, 0.15) is 116 Å². The molecule has 23 nitrogen and oxygen atoms in total. The molecule has 5 amide bonds. The molecule has 4 heterocycles. The Morgan fingerprint density at radius 1 is 0.642 bits per heavy atom. The molecule has 0 unspecified atom stereocenters. The van der Waals surface area contributed by atoms with Gasteiger partial charge < -0.3 is 79.7 Å². The van der Waals surface area contributed by atoms with E-state index in [2.05, 4.69) is 79.7 Å². The molecule has 1 aromatic carbocycles. The molecular formula is C57H95N11O12S. The fourth-order valence-corrected chi connectivity index (χ4v) is 10.4. The van der Waals surface area contributed by atoms with Crippen molar-refractivity contribution < 1.29 is 57.1 Å². The minimum Gasteiger partial charge on any atom is -0.377 e. The Labute approximate surface area is 484 Å². The lowest BCUT2D eigenvalue weighted by Gasteiger charge is -2.18. The Morgan fingerprint density at radius 2 is 1.16 bits per heavy atom. The van der Waals surface area contributed by atoms with Crippen molar-refractivity contribution >= 4 is 58.4 Å². The molecule has 81 heavy (non-hydrogen) atoms. The van der Waals surface area contributed by atoms with E-state index in [4.69, 9.17) is 47.9 Å². The Morgan fingerprint density at radius 3 is 1.70 bits per heavy atom. The van der Waals surface area contributed by atoms with Crippen molar-refractivity contribution in [2.45, 2.75) is 140 Å². The first kappa shape index (κ1) is 66.9. The minimum atomic E-state index is -0.0657. The summed E-state index contributed by atoms with van der Waals surface area (Å²) in [5.41, 5.74) is 2.67. The second kappa shape index (κ2) is 42.0. The van der Waals surface area contributed by atoms with Gasteiger partial charge in [-0.25, -0.2) is 9.78 Å². The first-order valence-electron chi connectivity index (χ1n) is 29.6. The number of hydrogen-bond acceptors (Lipinski definition) is 18. The molecule has 2 fully saturated rings. The van der Waals surface area contributed by atoms with Gasteiger partial charge in [0.05, 0.1) is 130 Å². The highest BCUT2D eigenvalue weighted by Crippen LogP contribution is 2.33. The third-order valence-electron chi connectivity index (χ3n) is 13.5. The standard InChI is InChI=1S/C57H95N11O12S/c1-4-46(63-56-66-54(61-40-45-16-8-5-9-17-45)53-55(67-56)68(43-62-53)44(2)3)41-80-39-38-79-37-36-78-35-34-77-33-32-76-31-30-75-29-28-74-27-26-73-25-24-60-51(71)20-11-7-15-22-58-49(69)19-10-6-14-23-59-50(70)21-13-12-18-48-52-47(42-81-48)64-57(72)65-52/h5,8-9,16-17,43-44,46-48,52H,4,6-7,10-15,18-42H2,1-3H3,(H,58,69)(H,59,70)(H,60,71)(H2,64,65,72)(H2,61,63,66,67)/t46-,47+,48+,52+/m1/s1. The number of nitrogens with one attached hydrogen (secondary N) is 7. The molecule has 2 saturated heterocycles. The van der Waals surface area contributed by atoms with E-state index in [9.17, 15) is 19.2 Å². The van der Waals surface area contributed by atoms with Crippen molar-refractivity contribution in [1.29, 1.82) is 0 Å². The summed E-state index contributed by atoms with van der Waals surface area (Å²) >= 11 is 1.90. The van der Waals surface area contributed by atoms with E-state index in [0.717, 1.165) is 86.7 Å². The molecule has 4 atom stereocenters. The van der Waals surface area contributed by atoms with Crippen molar-refractivity contribution in [3.05, 3.63) is 42.2 Å². The van der Waals surface area contributed by atoms with Gasteiger partial charge in [-0.15, -0.1) is 0 Å². The fourth-order valence-electron chi connectivity index (χ4n) is 8.91. The molecule has 5 rings (SSSR count). The highest BCUT2D eigenvalue weighted by Gasteiger charge is 2.42. The summed E-state index contributed by atoms with van der Waals surface area (Å²) in [4.78, 5) is 62.3. The quantitative estimate of drug-likeness (QED) is 0.0270. The number of amides is 5. The van der Waals surface area contributed by atoms with Crippen LogP contribution < -0.4 is 37.2 Å². The van der Waals surface area contributed by atoms with Crippen LogP contribution in [0.15, 0.2) is 36.7 Å². The van der Waals surface area contributed by atoms with Gasteiger partial charge in [0.1, 0.15) is 0 Å². The number of urea groups is 1. The molecule has 2 aromatic heterocycles. The number of nitrogens with zero attached hydrogens (tertiary/aromatic N) is 4. The Hall–Kier alpha value is -4.92. The molecular weight excluding hydrogens is 1060 g/mol. The van der Waals surface area contributed by atoms with E-state index in [1.807, 2.05) is 36.3 Å². The third-order valence-corrected chi connectivity index (χ3v) is 15.0. The molecule has 3 aromatic rings. The van der Waals surface area contributed by atoms with Gasteiger partial charge in [-0.1, -0.05) is 56.5 Å². The molecule has 456 valence electrons. The van der Waals surface area contributed by atoms with Crippen LogP contribution in [0.2, 0.25) is 0 Å². The molecule has 0 spiro atoms. The van der Waals surface area contributed by atoms with Gasteiger partial charge in [-0.05, 0) is 64.4 Å². The topological polar surface area (TPSA) is 270 Å². The summed E-state index contributed by atoms with van der Waals surface area (Å²) in [5, 5.41) is 22.1. The van der Waals surface area contributed by atoms with Gasteiger partial charge >= 0.3 is 6.03 Å². The van der Waals surface area contributed by atoms with E-state index >= 15 is 0 Å². The van der Waals surface area contributed by atoms with E-state index in [1.165, 1.54) is 0 Å². The average molecular weight is 1160 g/mol. The van der Waals surface area contributed by atoms with E-state index in [-0.39, 0.29) is 47.9 Å². The number of imidazole rings is 1. The summed E-state index contributed by atoms with van der Waals surface area (Å²) in [6, 6.07) is 10.8. The lowest BCUT2D eigenvalue weighted by Crippen LogP contribution is -2.36. The molecule has 2 aliphatic rings. The van der Waals surface area contributed by atoms with Crippen molar-refractivity contribution in [2.24, 2.45) is 0 Å². The number of ether oxygens (including phenoxy) is 8. The number of anilines is 2. The summed E-state index contributed by atoms with van der Waals surface area (Å²) in [5.74, 6) is 2.28. The van der Waals surface area contributed by atoms with Gasteiger partial charge in [0.15, 0.2) is 17.0 Å². The van der Waals surface area contributed by atoms with E-state index in [0.29, 0.717) is 168 Å². The number of benzene rings is 1. The molecule has 0 saturated carbocycles. The minimum absolute atomic E-state index is 0.00615. The molecule has 0 aliphatic carbocycles. The summed E-state index contributed by atoms with van der Waals surface area (Å²) in [6.07, 6.45) is 11.9. The van der Waals surface area contributed by atoms with Crippen LogP contribution in [0.4, 0.5) is 16.6 Å². The van der Waals surface area contributed by atoms with Gasteiger partial charge in [0.25, 0.3) is 0 Å². The van der Waals surface area contributed by atoms with Crippen LogP contribution in [-0.4, -0.2) is 198 Å². The zero-order chi connectivity index (χ0) is 57.4. The van der Waals surface area contributed by atoms with Gasteiger partial charge in [0, 0.05) is 62.5 Å². The number of thioether (sulfide) groups is 1. The highest BCUT2D eigenvalue weighted by atomic mass is 32.2. The third kappa shape index (κ3) is 28.8. The number of carbonyl (C=O) groups excluding carboxylic acids is 4. The number of rotatable bonds is 50. The summed E-state index contributed by atoms with van der Waals surface area (Å²) in [7, 11) is 0. The van der Waals surface area contributed by atoms with Gasteiger partial charge in [-0.3, -0.25) is 14.4 Å². The average Bonchev–Trinajstić information content (AvgIpc) is 4.19. The number of fused-ring (bicyclic) bond motifs is 2. The van der Waals surface area contributed by atoms with Crippen LogP contribution in [0, 0.1) is 0 Å². The predicted octanol–water partition coefficient (Wildman–Crippen LogP) is 5.54. The van der Waals surface area contributed by atoms with E-state index < -0.39 is 0 Å². The van der Waals surface area contributed by atoms with Gasteiger partial charge in [0.2, 0.25) is 23.7 Å². The fraction of sp³-hybridized carbons (Fsp3) is 0.737. The van der Waals surface area contributed by atoms with Crippen molar-refractivity contribution in [3.63, 3.8) is 0 Å². The number of unbranched alkanes of at least 4 members (excludes halogenated alkanes) is 5. The number of hydrogen-bond donors (Lipinski definition) is 7. The van der Waals surface area contributed by atoms with Crippen molar-refractivity contribution in [2.75, 3.05) is 142 Å². The monoisotopic (exact) mass is 1160 g/mol. The zero-order valence-electron chi connectivity index (χ0n) is 48.5. The van der Waals surface area contributed by atoms with Crippen LogP contribution in [-0.2, 0) is 58.8 Å². The maximum Gasteiger partial charge on any atom is 0.315 e. The normalized spacial score (nSPS) is 16.1. The Balaban J connectivity index is 0.689. The van der Waals surface area contributed by atoms with Crippen LogP contribution in [0.3, 0.4) is 0 Å². The largest absolute Gasteiger partial charge is 0.377 e. The smallest absolute Gasteiger partial charge is 0.315 e. The summed E-state index contributed by atoms with van der Waals surface area (Å²) < 4.78 is 47.1. The van der Waals surface area contributed by atoms with Crippen LogP contribution in [0.25, 0.3) is 11.2 Å². The van der Waals surface area contributed by atoms with Crippen LogP contribution >= 0.6 is 11.8 Å². The predicted molar refractivity (Wildman–Crippen MR) is 314 cm³/mol. The zero-order valence-corrected chi connectivity index (χ0v) is 49.3. The first-order chi connectivity index (χ1) is 39.7. The maximum absolute atomic E-state index is 12.2. The Bertz CT molecular complexity index is 2180. The van der Waals surface area contributed by atoms with E-state index in [1.54, 1.807) is 0 Å². The second-order valence-electron chi connectivity index (χ2n) is 20.3. The number of aromatic nitrogens is 4. The molecule has 24 heteroatoms. The van der Waals surface area contributed by atoms with Crippen molar-refractivity contribution in [3.8, 4) is 0 Å². The first-order valence-corrected chi connectivity index (χ1v) is 30.6. The highest BCUT2D eigenvalue weighted by molar-refractivity contribution is 8.00. The molecule has 0 radical (unpaired) electrons. The Kier molecular flexibility index (Phi) is 34.7. The number of carbonyl (C=O) groups is 4. The lowest BCUT2D eigenvalue weighted by molar-refractivity contribution is -0.122. The van der Waals surface area contributed by atoms with Crippen molar-refractivity contribution in [1.82, 2.24) is 46.1 Å². The maximum atomic E-state index is 12.2. The SMILES string of the molecule is CC[C@H](COCCOCCOCCOCCOCCOCCOCCOCCNC(=O)CCCCCNC(=O)CCCCCNC(=O)CCCC[C@@H]1SC[C@@H]2NC(=O)N[C@@H]21)Nc1nc(NCc2ccccc2)c2ncn(C(C)C)c2n1. The van der Waals surface area contributed by atoms with Crippen LogP contribution in [0.5, 0.6) is 0 Å². The summed E-state index contributed by atoms with van der Waals surface area (Å²) in [6.45, 7) is 16.0. The molecule has 2 aliphatic heterocycles. The second-order valence-corrected chi connectivity index (χ2v) is 21.6. The molecule has 7 N–H and O–H groups in total. The molecule has 0 bridgehead atoms. The van der Waals surface area contributed by atoms with Gasteiger partial charge in [-0.2, -0.15) is 21.7 Å². The lowest BCUT2D eigenvalue weighted by atomic mass is 10.0.